The minimum absolute atomic E-state index is 0.133. The first-order valence-corrected chi connectivity index (χ1v) is 14.1. The van der Waals surface area contributed by atoms with Gasteiger partial charge in [-0.15, -0.1) is 0 Å². The fourth-order valence-electron chi connectivity index (χ4n) is 3.53. The van der Waals surface area contributed by atoms with Crippen LogP contribution in [0.4, 0.5) is 5.69 Å². The molecule has 0 aliphatic rings. The number of sulfonamides is 1. The Kier molecular flexibility index (Phi) is 10.4. The van der Waals surface area contributed by atoms with Crippen LogP contribution in [0.3, 0.4) is 0 Å². The molecule has 0 fully saturated rings. The van der Waals surface area contributed by atoms with Crippen molar-refractivity contribution in [3.8, 4) is 11.5 Å². The van der Waals surface area contributed by atoms with E-state index in [-0.39, 0.29) is 18.6 Å². The Morgan fingerprint density at radius 1 is 0.923 bits per heavy atom. The molecule has 3 rings (SSSR count). The summed E-state index contributed by atoms with van der Waals surface area (Å²) >= 11 is 0. The average molecular weight is 553 g/mol. The smallest absolute Gasteiger partial charge is 0.260 e. The summed E-state index contributed by atoms with van der Waals surface area (Å²) in [6, 6.07) is 22.7. The van der Waals surface area contributed by atoms with E-state index in [2.05, 4.69) is 15.8 Å². The third-order valence-electron chi connectivity index (χ3n) is 5.45. The molecule has 0 spiro atoms. The second-order valence-electron chi connectivity index (χ2n) is 8.55. The molecule has 0 unspecified atom stereocenters. The normalized spacial score (nSPS) is 12.0. The topological polar surface area (TPSA) is 126 Å². The maximum atomic E-state index is 12.4. The molecule has 1 atom stereocenters. The van der Waals surface area contributed by atoms with Gasteiger partial charge < -0.3 is 14.8 Å². The molecule has 39 heavy (non-hydrogen) atoms. The molecule has 11 heteroatoms. The summed E-state index contributed by atoms with van der Waals surface area (Å²) in [6.45, 7) is 3.66. The highest BCUT2D eigenvalue weighted by Crippen LogP contribution is 2.21. The minimum atomic E-state index is -3.72. The van der Waals surface area contributed by atoms with Crippen molar-refractivity contribution in [2.24, 2.45) is 5.10 Å². The van der Waals surface area contributed by atoms with E-state index >= 15 is 0 Å². The number of hydrogen-bond donors (Lipinski definition) is 2. The molecule has 3 aromatic rings. The number of carbonyl (C=O) groups excluding carboxylic acids is 2. The molecule has 2 N–H and O–H groups in total. The number of nitrogens with one attached hydrogen (secondary N) is 2. The Morgan fingerprint density at radius 2 is 1.54 bits per heavy atom. The lowest BCUT2D eigenvalue weighted by Crippen LogP contribution is -2.39. The van der Waals surface area contributed by atoms with Gasteiger partial charge in [0.25, 0.3) is 11.8 Å². The molecular formula is C28H32N4O6S. The van der Waals surface area contributed by atoms with Crippen molar-refractivity contribution in [1.29, 1.82) is 0 Å². The standard InChI is InChI=1S/C28H32N4O6S/c1-4-37-25-16-12-24(13-17-25)32(39(3,35)36)19-27(33)31-29-18-22-10-14-26(15-11-22)38-20-28(34)30-21(2)23-8-6-5-7-9-23/h5-18,21H,4,19-20H2,1-3H3,(H,30,34)(H,31,33)/b29-18-/t21-/m0/s1. The lowest BCUT2D eigenvalue weighted by atomic mass is 10.1. The molecule has 0 aromatic heterocycles. The highest BCUT2D eigenvalue weighted by Gasteiger charge is 2.20. The molecular weight excluding hydrogens is 520 g/mol. The predicted octanol–water partition coefficient (Wildman–Crippen LogP) is 3.26. The number of ether oxygens (including phenoxy) is 2. The lowest BCUT2D eigenvalue weighted by molar-refractivity contribution is -0.123. The number of rotatable bonds is 13. The van der Waals surface area contributed by atoms with Crippen LogP contribution in [0.5, 0.6) is 11.5 Å². The van der Waals surface area contributed by atoms with E-state index in [1.54, 1.807) is 48.5 Å². The average Bonchev–Trinajstić information content (AvgIpc) is 2.92. The molecule has 0 saturated carbocycles. The van der Waals surface area contributed by atoms with Gasteiger partial charge in [-0.1, -0.05) is 30.3 Å². The molecule has 0 heterocycles. The molecule has 3 aromatic carbocycles. The number of amides is 2. The Labute approximate surface area is 228 Å². The van der Waals surface area contributed by atoms with Crippen LogP contribution in [0, 0.1) is 0 Å². The molecule has 2 amide bonds. The third kappa shape index (κ3) is 9.46. The highest BCUT2D eigenvalue weighted by molar-refractivity contribution is 7.92. The first-order valence-electron chi connectivity index (χ1n) is 12.3. The summed E-state index contributed by atoms with van der Waals surface area (Å²) < 4.78 is 36.4. The van der Waals surface area contributed by atoms with Gasteiger partial charge in [0, 0.05) is 0 Å². The van der Waals surface area contributed by atoms with E-state index in [9.17, 15) is 18.0 Å². The van der Waals surface area contributed by atoms with E-state index in [1.165, 1.54) is 6.21 Å². The van der Waals surface area contributed by atoms with Gasteiger partial charge >= 0.3 is 0 Å². The number of carbonyl (C=O) groups is 2. The maximum absolute atomic E-state index is 12.4. The van der Waals surface area contributed by atoms with Gasteiger partial charge in [0.15, 0.2) is 6.61 Å². The SMILES string of the molecule is CCOc1ccc(N(CC(=O)N/N=C\c2ccc(OCC(=O)N[C@@H](C)c3ccccc3)cc2)S(C)(=O)=O)cc1. The molecule has 0 aliphatic carbocycles. The minimum Gasteiger partial charge on any atom is -0.494 e. The maximum Gasteiger partial charge on any atom is 0.260 e. The number of hydrogen-bond acceptors (Lipinski definition) is 7. The van der Waals surface area contributed by atoms with Crippen LogP contribution in [0.1, 0.15) is 31.0 Å². The zero-order valence-electron chi connectivity index (χ0n) is 22.0. The third-order valence-corrected chi connectivity index (χ3v) is 6.59. The largest absolute Gasteiger partial charge is 0.494 e. The molecule has 10 nitrogen and oxygen atoms in total. The fourth-order valence-corrected chi connectivity index (χ4v) is 4.38. The zero-order valence-corrected chi connectivity index (χ0v) is 22.9. The van der Waals surface area contributed by atoms with Gasteiger partial charge in [-0.25, -0.2) is 13.8 Å². The van der Waals surface area contributed by atoms with Crippen molar-refractivity contribution in [1.82, 2.24) is 10.7 Å². The Balaban J connectivity index is 1.48. The Morgan fingerprint density at radius 3 is 2.15 bits per heavy atom. The van der Waals surface area contributed by atoms with E-state index in [1.807, 2.05) is 44.2 Å². The van der Waals surface area contributed by atoms with Crippen LogP contribution in [0.25, 0.3) is 0 Å². The summed E-state index contributed by atoms with van der Waals surface area (Å²) in [6.07, 6.45) is 2.44. The van der Waals surface area contributed by atoms with Crippen LogP contribution in [-0.4, -0.2) is 52.5 Å². The van der Waals surface area contributed by atoms with Gasteiger partial charge in [0.05, 0.1) is 30.8 Å². The van der Waals surface area contributed by atoms with Crippen LogP contribution in [0.2, 0.25) is 0 Å². The zero-order chi connectivity index (χ0) is 28.3. The summed E-state index contributed by atoms with van der Waals surface area (Å²) in [4.78, 5) is 24.6. The molecule has 206 valence electrons. The van der Waals surface area contributed by atoms with E-state index in [0.29, 0.717) is 29.4 Å². The highest BCUT2D eigenvalue weighted by atomic mass is 32.2. The summed E-state index contributed by atoms with van der Waals surface area (Å²) in [5.74, 6) is 0.244. The van der Waals surface area contributed by atoms with Crippen molar-refractivity contribution in [2.75, 3.05) is 30.3 Å². The van der Waals surface area contributed by atoms with Crippen molar-refractivity contribution >= 4 is 33.7 Å². The van der Waals surface area contributed by atoms with Gasteiger partial charge in [-0.05, 0) is 73.5 Å². The quantitative estimate of drug-likeness (QED) is 0.248. The summed E-state index contributed by atoms with van der Waals surface area (Å²) in [7, 11) is -3.72. The summed E-state index contributed by atoms with van der Waals surface area (Å²) in [5, 5.41) is 6.79. The number of anilines is 1. The van der Waals surface area contributed by atoms with Gasteiger partial charge in [0.1, 0.15) is 18.0 Å². The first-order chi connectivity index (χ1) is 18.7. The van der Waals surface area contributed by atoms with Crippen molar-refractivity contribution in [3.05, 3.63) is 90.0 Å². The number of hydrazone groups is 1. The monoisotopic (exact) mass is 552 g/mol. The van der Waals surface area contributed by atoms with Crippen LogP contribution in [-0.2, 0) is 19.6 Å². The van der Waals surface area contributed by atoms with Gasteiger partial charge in [-0.2, -0.15) is 5.10 Å². The second-order valence-corrected chi connectivity index (χ2v) is 10.5. The van der Waals surface area contributed by atoms with Gasteiger partial charge in [0.2, 0.25) is 10.0 Å². The van der Waals surface area contributed by atoms with E-state index in [0.717, 1.165) is 16.1 Å². The molecule has 0 bridgehead atoms. The first kappa shape index (κ1) is 29.2. The Bertz CT molecular complexity index is 1360. The van der Waals surface area contributed by atoms with Gasteiger partial charge in [-0.3, -0.25) is 13.9 Å². The molecule has 0 radical (unpaired) electrons. The summed E-state index contributed by atoms with van der Waals surface area (Å²) in [5.41, 5.74) is 4.33. The number of nitrogens with zero attached hydrogens (tertiary/aromatic N) is 2. The predicted molar refractivity (Wildman–Crippen MR) is 150 cm³/mol. The van der Waals surface area contributed by atoms with E-state index < -0.39 is 22.5 Å². The van der Waals surface area contributed by atoms with Crippen molar-refractivity contribution in [3.63, 3.8) is 0 Å². The second kappa shape index (κ2) is 14.0. The van der Waals surface area contributed by atoms with Crippen LogP contribution in [0.15, 0.2) is 84.0 Å². The van der Waals surface area contributed by atoms with Crippen molar-refractivity contribution in [2.45, 2.75) is 19.9 Å². The van der Waals surface area contributed by atoms with Crippen LogP contribution < -0.4 is 24.5 Å². The number of benzene rings is 3. The van der Waals surface area contributed by atoms with Crippen molar-refractivity contribution < 1.29 is 27.5 Å². The molecule has 0 saturated heterocycles. The Hall–Kier alpha value is -4.38. The lowest BCUT2D eigenvalue weighted by Gasteiger charge is -2.21. The van der Waals surface area contributed by atoms with Crippen LogP contribution >= 0.6 is 0 Å². The molecule has 0 aliphatic heterocycles. The fraction of sp³-hybridized carbons (Fsp3) is 0.250. The van der Waals surface area contributed by atoms with E-state index in [4.69, 9.17) is 9.47 Å².